The zero-order chi connectivity index (χ0) is 12.3. The number of ether oxygens (including phenoxy) is 1. The fourth-order valence-electron chi connectivity index (χ4n) is 2.76. The van der Waals surface area contributed by atoms with E-state index in [4.69, 9.17) is 4.74 Å². The molecule has 0 bridgehead atoms. The Kier molecular flexibility index (Phi) is 4.05. The first kappa shape index (κ1) is 12.8. The van der Waals surface area contributed by atoms with E-state index < -0.39 is 0 Å². The lowest BCUT2D eigenvalue weighted by Gasteiger charge is -2.37. The molecule has 4 heteroatoms. The molecule has 3 unspecified atom stereocenters. The van der Waals surface area contributed by atoms with Crippen molar-refractivity contribution in [3.63, 3.8) is 0 Å². The van der Waals surface area contributed by atoms with Crippen LogP contribution < -0.4 is 10.6 Å². The SMILES string of the molecule is CC1CCCC(C(=O)NC2(C)CCCOC2)N1. The number of hydrogen-bond acceptors (Lipinski definition) is 3. The van der Waals surface area contributed by atoms with Crippen molar-refractivity contribution in [3.8, 4) is 0 Å². The third kappa shape index (κ3) is 3.42. The molecule has 2 rings (SSSR count). The lowest BCUT2D eigenvalue weighted by molar-refractivity contribution is -0.127. The number of rotatable bonds is 2. The number of carbonyl (C=O) groups is 1. The van der Waals surface area contributed by atoms with E-state index in [1.807, 2.05) is 0 Å². The van der Waals surface area contributed by atoms with E-state index in [9.17, 15) is 4.79 Å². The van der Waals surface area contributed by atoms with Gasteiger partial charge in [-0.15, -0.1) is 0 Å². The van der Waals surface area contributed by atoms with Crippen molar-refractivity contribution in [1.29, 1.82) is 0 Å². The Labute approximate surface area is 103 Å². The van der Waals surface area contributed by atoms with Gasteiger partial charge in [-0.1, -0.05) is 0 Å². The molecule has 4 nitrogen and oxygen atoms in total. The van der Waals surface area contributed by atoms with Crippen molar-refractivity contribution in [2.24, 2.45) is 0 Å². The molecule has 0 spiro atoms. The van der Waals surface area contributed by atoms with Gasteiger partial charge in [-0.3, -0.25) is 4.79 Å². The highest BCUT2D eigenvalue weighted by atomic mass is 16.5. The first-order valence-corrected chi connectivity index (χ1v) is 6.75. The van der Waals surface area contributed by atoms with Gasteiger partial charge in [0.1, 0.15) is 0 Å². The molecule has 2 N–H and O–H groups in total. The highest BCUT2D eigenvalue weighted by Gasteiger charge is 2.33. The third-order valence-corrected chi connectivity index (χ3v) is 3.79. The topological polar surface area (TPSA) is 50.4 Å². The fraction of sp³-hybridized carbons (Fsp3) is 0.923. The lowest BCUT2D eigenvalue weighted by atomic mass is 9.93. The van der Waals surface area contributed by atoms with E-state index in [-0.39, 0.29) is 17.5 Å². The Morgan fingerprint density at radius 1 is 1.41 bits per heavy atom. The molecule has 2 aliphatic rings. The molecule has 17 heavy (non-hydrogen) atoms. The molecule has 2 aliphatic heterocycles. The Morgan fingerprint density at radius 3 is 2.88 bits per heavy atom. The smallest absolute Gasteiger partial charge is 0.237 e. The van der Waals surface area contributed by atoms with Crippen molar-refractivity contribution >= 4 is 5.91 Å². The van der Waals surface area contributed by atoms with Gasteiger partial charge >= 0.3 is 0 Å². The second-order valence-electron chi connectivity index (χ2n) is 5.76. The maximum absolute atomic E-state index is 12.2. The number of piperidine rings is 1. The van der Waals surface area contributed by atoms with Gasteiger partial charge in [0.25, 0.3) is 0 Å². The van der Waals surface area contributed by atoms with Crippen LogP contribution in [0.2, 0.25) is 0 Å². The number of hydrogen-bond donors (Lipinski definition) is 2. The zero-order valence-corrected chi connectivity index (χ0v) is 10.9. The van der Waals surface area contributed by atoms with Crippen molar-refractivity contribution in [3.05, 3.63) is 0 Å². The Bertz CT molecular complexity index is 275. The summed E-state index contributed by atoms with van der Waals surface area (Å²) in [6.07, 6.45) is 5.31. The summed E-state index contributed by atoms with van der Waals surface area (Å²) in [4.78, 5) is 12.2. The molecule has 2 saturated heterocycles. The van der Waals surface area contributed by atoms with Gasteiger partial charge in [0.05, 0.1) is 18.2 Å². The highest BCUT2D eigenvalue weighted by Crippen LogP contribution is 2.19. The molecule has 3 atom stereocenters. The predicted molar refractivity (Wildman–Crippen MR) is 66.8 cm³/mol. The molecule has 0 saturated carbocycles. The van der Waals surface area contributed by atoms with Crippen LogP contribution in [-0.2, 0) is 9.53 Å². The predicted octanol–water partition coefficient (Wildman–Crippen LogP) is 1.20. The molecule has 0 radical (unpaired) electrons. The van der Waals surface area contributed by atoms with Crippen LogP contribution in [0.1, 0.15) is 46.0 Å². The standard InChI is InChI=1S/C13H24N2O2/c1-10-5-3-6-11(14-10)12(16)15-13(2)7-4-8-17-9-13/h10-11,14H,3-9H2,1-2H3,(H,15,16). The van der Waals surface area contributed by atoms with Gasteiger partial charge < -0.3 is 15.4 Å². The summed E-state index contributed by atoms with van der Waals surface area (Å²) in [7, 11) is 0. The van der Waals surface area contributed by atoms with Gasteiger partial charge in [-0.2, -0.15) is 0 Å². The fourth-order valence-corrected chi connectivity index (χ4v) is 2.76. The first-order chi connectivity index (χ1) is 8.09. The van der Waals surface area contributed by atoms with Crippen LogP contribution >= 0.6 is 0 Å². The molecule has 98 valence electrons. The molecular formula is C13H24N2O2. The van der Waals surface area contributed by atoms with Crippen molar-refractivity contribution in [1.82, 2.24) is 10.6 Å². The number of carbonyl (C=O) groups excluding carboxylic acids is 1. The molecular weight excluding hydrogens is 216 g/mol. The summed E-state index contributed by atoms with van der Waals surface area (Å²) in [5.41, 5.74) is -0.169. The molecule has 1 amide bonds. The maximum Gasteiger partial charge on any atom is 0.237 e. The van der Waals surface area contributed by atoms with Crippen molar-refractivity contribution in [2.45, 2.75) is 63.6 Å². The van der Waals surface area contributed by atoms with Crippen LogP contribution in [0.3, 0.4) is 0 Å². The van der Waals surface area contributed by atoms with Crippen LogP contribution in [0.15, 0.2) is 0 Å². The second kappa shape index (κ2) is 5.36. The van der Waals surface area contributed by atoms with Gasteiger partial charge in [0.15, 0.2) is 0 Å². The molecule has 0 aromatic rings. The Hall–Kier alpha value is -0.610. The number of nitrogens with one attached hydrogen (secondary N) is 2. The van der Waals surface area contributed by atoms with Gasteiger partial charge in [-0.05, 0) is 46.0 Å². The van der Waals surface area contributed by atoms with Gasteiger partial charge in [0, 0.05) is 12.6 Å². The van der Waals surface area contributed by atoms with Crippen LogP contribution in [0.25, 0.3) is 0 Å². The summed E-state index contributed by atoms with van der Waals surface area (Å²) in [6, 6.07) is 0.437. The van der Waals surface area contributed by atoms with Crippen LogP contribution in [0.4, 0.5) is 0 Å². The minimum absolute atomic E-state index is 0.0162. The minimum Gasteiger partial charge on any atom is -0.379 e. The van der Waals surface area contributed by atoms with Gasteiger partial charge in [0.2, 0.25) is 5.91 Å². The van der Waals surface area contributed by atoms with Crippen LogP contribution in [0.5, 0.6) is 0 Å². The highest BCUT2D eigenvalue weighted by molar-refractivity contribution is 5.82. The lowest BCUT2D eigenvalue weighted by Crippen LogP contribution is -2.58. The summed E-state index contributed by atoms with van der Waals surface area (Å²) >= 11 is 0. The summed E-state index contributed by atoms with van der Waals surface area (Å²) in [5, 5.41) is 6.53. The molecule has 2 heterocycles. The van der Waals surface area contributed by atoms with Crippen LogP contribution in [-0.4, -0.2) is 36.7 Å². The third-order valence-electron chi connectivity index (χ3n) is 3.79. The normalized spacial score (nSPS) is 38.7. The van der Waals surface area contributed by atoms with Crippen molar-refractivity contribution < 1.29 is 9.53 Å². The van der Waals surface area contributed by atoms with Gasteiger partial charge in [-0.25, -0.2) is 0 Å². The van der Waals surface area contributed by atoms with E-state index in [2.05, 4.69) is 24.5 Å². The molecule has 2 fully saturated rings. The minimum atomic E-state index is -0.169. The molecule has 0 aliphatic carbocycles. The Balaban J connectivity index is 1.87. The largest absolute Gasteiger partial charge is 0.379 e. The second-order valence-corrected chi connectivity index (χ2v) is 5.76. The number of amides is 1. The van der Waals surface area contributed by atoms with Crippen molar-refractivity contribution in [2.75, 3.05) is 13.2 Å². The van der Waals surface area contributed by atoms with E-state index in [1.54, 1.807) is 0 Å². The summed E-state index contributed by atoms with van der Waals surface area (Å²) in [6.45, 7) is 5.69. The first-order valence-electron chi connectivity index (χ1n) is 6.75. The molecule has 0 aromatic heterocycles. The average Bonchev–Trinajstić information content (AvgIpc) is 2.29. The average molecular weight is 240 g/mol. The summed E-state index contributed by atoms with van der Waals surface area (Å²) in [5.74, 6) is 0.143. The van der Waals surface area contributed by atoms with E-state index in [0.717, 1.165) is 32.3 Å². The quantitative estimate of drug-likeness (QED) is 0.762. The molecule has 0 aromatic carbocycles. The summed E-state index contributed by atoms with van der Waals surface area (Å²) < 4.78 is 5.46. The van der Waals surface area contributed by atoms with E-state index in [0.29, 0.717) is 12.6 Å². The Morgan fingerprint density at radius 2 is 2.24 bits per heavy atom. The van der Waals surface area contributed by atoms with Crippen LogP contribution in [0, 0.1) is 0 Å². The zero-order valence-electron chi connectivity index (χ0n) is 10.9. The maximum atomic E-state index is 12.2. The van der Waals surface area contributed by atoms with E-state index in [1.165, 1.54) is 6.42 Å². The van der Waals surface area contributed by atoms with E-state index >= 15 is 0 Å². The monoisotopic (exact) mass is 240 g/mol.